The fourth-order valence-electron chi connectivity index (χ4n) is 17.7. The van der Waals surface area contributed by atoms with Crippen LogP contribution in [-0.4, -0.2) is 298 Å². The van der Waals surface area contributed by atoms with E-state index in [1.54, 1.807) is 50.8 Å². The molecule has 748 valence electrons. The molecule has 3 fully saturated rings. The van der Waals surface area contributed by atoms with Crippen LogP contribution >= 0.6 is 0 Å². The van der Waals surface area contributed by atoms with Crippen LogP contribution in [0.2, 0.25) is 0 Å². The lowest BCUT2D eigenvalue weighted by Crippen LogP contribution is -2.61. The average molecular weight is 1890 g/mol. The van der Waals surface area contributed by atoms with Gasteiger partial charge in [0.2, 0.25) is 11.7 Å². The lowest BCUT2D eigenvalue weighted by atomic mass is 9.80. The molecule has 1 saturated carbocycles. The number of benzene rings is 2. The topological polar surface area (TPSA) is 485 Å². The van der Waals surface area contributed by atoms with Gasteiger partial charge in [-0.1, -0.05) is 69.7 Å². The number of esters is 1. The van der Waals surface area contributed by atoms with Crippen molar-refractivity contribution < 1.29 is 120 Å². The summed E-state index contributed by atoms with van der Waals surface area (Å²) in [6.07, 6.45) is 17.2. The molecule has 0 spiro atoms. The van der Waals surface area contributed by atoms with E-state index in [9.17, 15) is 44.1 Å². The second-order valence-electron chi connectivity index (χ2n) is 35.6. The van der Waals surface area contributed by atoms with Gasteiger partial charge in [-0.2, -0.15) is 10.1 Å². The van der Waals surface area contributed by atoms with E-state index in [4.69, 9.17) is 97.8 Å². The quantitative estimate of drug-likeness (QED) is 0.00762. The molecule has 2 aromatic carbocycles. The number of methoxy groups -OCH3 is 4. The fraction of sp³-hybridized carbons (Fsp3) is 0.653. The highest BCUT2D eigenvalue weighted by Gasteiger charge is 2.54. The molecule has 2 amide bonds. The molecule has 11 N–H and O–H groups in total. The van der Waals surface area contributed by atoms with Gasteiger partial charge in [-0.05, 0) is 152 Å². The Hall–Kier alpha value is -9.42. The number of unbranched alkanes of at least 4 members (excludes halogenated alkanes) is 2. The smallest absolute Gasteiger partial charge is 0.329 e. The number of carbonyl (C=O) groups is 6. The molecule has 15 atom stereocenters. The Labute approximate surface area is 791 Å². The molecule has 4 aliphatic rings. The third-order valence-corrected chi connectivity index (χ3v) is 25.5. The Morgan fingerprint density at radius 3 is 2.01 bits per heavy atom. The average Bonchev–Trinajstić information content (AvgIpc) is 1.75. The number of nitrogens with one attached hydrogen (secondary N) is 2. The van der Waals surface area contributed by atoms with Gasteiger partial charge in [-0.3, -0.25) is 28.7 Å². The van der Waals surface area contributed by atoms with Gasteiger partial charge in [-0.15, -0.1) is 0 Å². The minimum atomic E-state index is -2.58. The van der Waals surface area contributed by atoms with Gasteiger partial charge in [0.15, 0.2) is 17.0 Å². The number of hydrogen-bond donors (Lipinski definition) is 8. The number of nitrogen functional groups attached to an aromatic ring is 2. The minimum Gasteiger partial charge on any atom is -0.496 e. The fourth-order valence-corrected chi connectivity index (χ4v) is 17.7. The third kappa shape index (κ3) is 32.3. The Balaban J connectivity index is 0.563. The van der Waals surface area contributed by atoms with Crippen molar-refractivity contribution in [3.63, 3.8) is 0 Å². The first-order valence-corrected chi connectivity index (χ1v) is 47.8. The number of nitrogens with two attached hydrogens (primary N) is 3. The summed E-state index contributed by atoms with van der Waals surface area (Å²) in [5.41, 5.74) is 25.2. The van der Waals surface area contributed by atoms with Crippen LogP contribution in [0.4, 0.5) is 11.8 Å². The van der Waals surface area contributed by atoms with Crippen LogP contribution in [0.15, 0.2) is 94.9 Å². The molecule has 135 heavy (non-hydrogen) atoms. The molecule has 6 aromatic rings. The van der Waals surface area contributed by atoms with Crippen molar-refractivity contribution in [3.8, 4) is 28.5 Å². The zero-order chi connectivity index (χ0) is 96.8. The van der Waals surface area contributed by atoms with Crippen molar-refractivity contribution in [1.82, 2.24) is 44.7 Å². The molecule has 10 rings (SSSR count). The highest BCUT2D eigenvalue weighted by Crippen LogP contribution is 2.47. The molecule has 4 aromatic heterocycles. The summed E-state index contributed by atoms with van der Waals surface area (Å²) in [6, 6.07) is 6.88. The molecule has 2 bridgehead atoms. The molecule has 7 heterocycles. The summed E-state index contributed by atoms with van der Waals surface area (Å²) in [6.45, 7) is 19.4. The molecular weight excluding hydrogens is 1750 g/mol. The number of allylic oxidation sites excluding steroid dienone is 7. The molecule has 3 aliphatic heterocycles. The number of aliphatic hydroxyl groups excluding tert-OH is 2. The first kappa shape index (κ1) is 108. The number of aliphatic hydroxyl groups is 3. The van der Waals surface area contributed by atoms with Crippen LogP contribution in [0.25, 0.3) is 33.4 Å². The number of aromatic nitrogens is 7. The van der Waals surface area contributed by atoms with Crippen LogP contribution in [0.3, 0.4) is 0 Å². The zero-order valence-corrected chi connectivity index (χ0v) is 80.4. The van der Waals surface area contributed by atoms with E-state index in [0.717, 1.165) is 53.8 Å². The molecule has 0 radical (unpaired) electrons. The van der Waals surface area contributed by atoms with E-state index in [1.807, 2.05) is 61.0 Å². The number of piperidine rings is 1. The SMILES string of the molecule is COc1cc(OC)c([C@@H]2C[C@@H]3CC[C@@H](C)[C@@](O)(O3)C(=O)C(=O)N3CCCC[C@H]3C(=O)O[C@H]([C@H](N)C[C@@H]3CC[C@@H](OCCCCc4cn(CCOCCOCCOCCOCCOCCOCCOCCOCCC(=O)NCCCCn5nc(-c6ccc7oc(N)nc7c6)c6c(N)ncnc65)[nH]4)[C@H](OC)C3)CC(=O)[C@H](C)/C=C(\C)[C@@H](O)[C@@H](O)C(=O)[C@H](C)C[C@H](C)/C=C/C=C/C=C/2C)c(OC)c1. The largest absolute Gasteiger partial charge is 0.496 e. The Morgan fingerprint density at radius 1 is 0.696 bits per heavy atom. The maximum absolute atomic E-state index is 14.9. The summed E-state index contributed by atoms with van der Waals surface area (Å²) >= 11 is 0. The lowest BCUT2D eigenvalue weighted by Gasteiger charge is -2.43. The van der Waals surface area contributed by atoms with Gasteiger partial charge >= 0.3 is 5.97 Å². The number of ketones is 3. The Morgan fingerprint density at radius 2 is 1.36 bits per heavy atom. The second kappa shape index (κ2) is 55.8. The number of carbonyl (C=O) groups excluding carboxylic acids is 6. The van der Waals surface area contributed by atoms with E-state index in [0.29, 0.717) is 240 Å². The Bertz CT molecular complexity index is 4780. The summed E-state index contributed by atoms with van der Waals surface area (Å²) in [7, 11) is 6.26. The van der Waals surface area contributed by atoms with Crippen molar-refractivity contribution in [3.05, 3.63) is 102 Å². The number of aromatic amines is 1. The van der Waals surface area contributed by atoms with E-state index >= 15 is 0 Å². The monoisotopic (exact) mass is 1890 g/mol. The standard InChI is InChI=1S/C98H146N12O25/c1-63-20-12-11-13-21-64(2)74(86-83(122-9)58-73(120-7)59-84(86)123-10)57-72-27-24-68(6)98(119,135-72)92(116)95(117)109-32-17-14-23-77(109)96(118)133-81(60-78(111)65(3)53-67(5)90(114)91(115)89(113)66(4)52-63)75(99)54-69-25-28-80(82(55-69)121-8)132-35-19-15-22-71-61-108(106-71)34-37-125-39-41-127-43-45-129-47-49-131-51-50-130-48-46-128-44-42-126-40-38-124-36-30-85(112)102-31-16-18-33-110-94-87(93(100)103-62-104-94)88(107-110)70-26-29-79-76(56-70)105-97(101)134-79/h11-13,20-21,26,29,53,56,58-59,61-63,65-66,68-69,72,74-75,77,80-82,90-91,106,114-115,119H,14-19,22-25,27-28,30-52,54-55,57,60,99H2,1-10H3,(H2,101,105)(H,102,112)(H2,100,103,104)/b13-11+,20-12+,64-21+,67-53+/t63-,65-,66-,68-,69+,72+,74-,75-,77+,80-,81+,82-,90-,91+,98-/m1/s1. The predicted molar refractivity (Wildman–Crippen MR) is 503 cm³/mol. The van der Waals surface area contributed by atoms with E-state index in [1.165, 1.54) is 40.7 Å². The van der Waals surface area contributed by atoms with E-state index in [-0.39, 0.29) is 80.4 Å². The van der Waals surface area contributed by atoms with Crippen LogP contribution in [-0.2, 0) is 105 Å². The number of ether oxygens (including phenoxy) is 15. The Kier molecular flexibility index (Phi) is 44.5. The number of aryl methyl sites for hydroxylation is 2. The number of anilines is 2. The summed E-state index contributed by atoms with van der Waals surface area (Å²) in [5.74, 6) is -8.11. The number of hydrogen-bond acceptors (Lipinski definition) is 32. The number of H-pyrrole nitrogens is 1. The van der Waals surface area contributed by atoms with Gasteiger partial charge in [0, 0.05) is 111 Å². The number of Topliss-reactive ketones (excluding diaryl/α,β-unsaturated/α-hetero) is 3. The van der Waals surface area contributed by atoms with Crippen molar-refractivity contribution in [2.45, 2.75) is 231 Å². The number of nitrogens with zero attached hydrogens (tertiary/aromatic N) is 7. The van der Waals surface area contributed by atoms with Gasteiger partial charge in [0.05, 0.1) is 157 Å². The number of fused-ring (bicyclic) bond motifs is 5. The minimum absolute atomic E-state index is 0.00355. The van der Waals surface area contributed by atoms with E-state index < -0.39 is 95.2 Å². The molecule has 1 aliphatic carbocycles. The van der Waals surface area contributed by atoms with Crippen molar-refractivity contribution in [2.75, 3.05) is 165 Å². The molecular formula is C98H146N12O25. The third-order valence-electron chi connectivity index (χ3n) is 25.5. The second-order valence-corrected chi connectivity index (χ2v) is 35.6. The van der Waals surface area contributed by atoms with Gasteiger partial charge in [0.25, 0.3) is 17.7 Å². The first-order chi connectivity index (χ1) is 65.2. The van der Waals surface area contributed by atoms with Crippen molar-refractivity contribution >= 4 is 69.1 Å². The van der Waals surface area contributed by atoms with Crippen LogP contribution < -0.4 is 36.7 Å². The normalized spacial score (nSPS) is 25.6. The lowest BCUT2D eigenvalue weighted by molar-refractivity contribution is -0.264. The van der Waals surface area contributed by atoms with Crippen LogP contribution in [0, 0.1) is 29.6 Å². The maximum atomic E-state index is 14.9. The van der Waals surface area contributed by atoms with Crippen molar-refractivity contribution in [2.24, 2.45) is 35.3 Å². The molecule has 37 nitrogen and oxygen atoms in total. The highest BCUT2D eigenvalue weighted by molar-refractivity contribution is 6.39. The molecule has 2 saturated heterocycles. The summed E-state index contributed by atoms with van der Waals surface area (Å²) < 4.78 is 97.1. The van der Waals surface area contributed by atoms with Crippen LogP contribution in [0.1, 0.15) is 168 Å². The number of rotatable bonds is 47. The molecule has 0 unspecified atom stereocenters. The van der Waals surface area contributed by atoms with Crippen LogP contribution in [0.5, 0.6) is 17.2 Å². The maximum Gasteiger partial charge on any atom is 0.329 e. The van der Waals surface area contributed by atoms with Crippen molar-refractivity contribution in [1.29, 1.82) is 0 Å². The van der Waals surface area contributed by atoms with Gasteiger partial charge in [-0.25, -0.2) is 19.4 Å². The summed E-state index contributed by atoms with van der Waals surface area (Å²) in [5, 5.41) is 47.1. The zero-order valence-electron chi connectivity index (χ0n) is 80.4. The summed E-state index contributed by atoms with van der Waals surface area (Å²) in [4.78, 5) is 99.3. The predicted octanol–water partition coefficient (Wildman–Crippen LogP) is 9.42. The highest BCUT2D eigenvalue weighted by atomic mass is 16.6. The van der Waals surface area contributed by atoms with Gasteiger partial charge in [0.1, 0.15) is 70.7 Å². The first-order valence-electron chi connectivity index (χ1n) is 47.8. The van der Waals surface area contributed by atoms with E-state index in [2.05, 4.69) is 31.6 Å². The number of cyclic esters (lactones) is 1. The number of oxazole rings is 1. The number of amides is 2. The van der Waals surface area contributed by atoms with Gasteiger partial charge < -0.3 is 123 Å². The molecule has 37 heteroatoms.